The summed E-state index contributed by atoms with van der Waals surface area (Å²) in [6.07, 6.45) is 3.47. The number of benzene rings is 1. The first-order chi connectivity index (χ1) is 7.69. The third-order valence-electron chi connectivity index (χ3n) is 2.06. The molecule has 0 aliphatic heterocycles. The van der Waals surface area contributed by atoms with E-state index in [2.05, 4.69) is 4.99 Å². The van der Waals surface area contributed by atoms with Gasteiger partial charge in [-0.2, -0.15) is 0 Å². The lowest BCUT2D eigenvalue weighted by atomic mass is 10.2. The quantitative estimate of drug-likeness (QED) is 0.617. The molecule has 0 spiro atoms. The fraction of sp³-hybridized carbons (Fsp3) is 0.333. The fourth-order valence-corrected chi connectivity index (χ4v) is 1.17. The fourth-order valence-electron chi connectivity index (χ4n) is 1.17. The normalized spacial score (nSPS) is 10.7. The molecule has 1 N–H and O–H groups in total. The maximum atomic E-state index is 13.3. The van der Waals surface area contributed by atoms with Gasteiger partial charge in [0, 0.05) is 11.8 Å². The zero-order valence-corrected chi connectivity index (χ0v) is 9.46. The molecule has 0 radical (unpaired) electrons. The van der Waals surface area contributed by atoms with Crippen LogP contribution in [0.2, 0.25) is 0 Å². The highest BCUT2D eigenvalue weighted by molar-refractivity contribution is 6.00. The third-order valence-corrected chi connectivity index (χ3v) is 2.06. The molecular formula is C12H15FN2O. The summed E-state index contributed by atoms with van der Waals surface area (Å²) in [4.78, 5) is 3.93. The molecule has 0 amide bonds. The molecule has 0 fully saturated rings. The van der Waals surface area contributed by atoms with E-state index >= 15 is 0 Å². The number of nitrogens with one attached hydrogen (secondary N) is 1. The van der Waals surface area contributed by atoms with Gasteiger partial charge in [-0.25, -0.2) is 9.38 Å². The summed E-state index contributed by atoms with van der Waals surface area (Å²) in [5, 5.41) is 7.63. The van der Waals surface area contributed by atoms with E-state index < -0.39 is 5.82 Å². The van der Waals surface area contributed by atoms with Crippen molar-refractivity contribution in [3.63, 3.8) is 0 Å². The average molecular weight is 222 g/mol. The number of halogens is 1. The Morgan fingerprint density at radius 2 is 2.31 bits per heavy atom. The SMILES string of the molecule is CCC/C=N\C(=N)c1ccc(OC)c(F)c1. The van der Waals surface area contributed by atoms with Crippen molar-refractivity contribution in [3.8, 4) is 5.75 Å². The molecule has 1 aromatic rings. The standard InChI is InChI=1S/C12H15FN2O/c1-3-4-7-15-12(14)9-5-6-11(16-2)10(13)8-9/h5-8,14H,3-4H2,1-2H3/b14-12?,15-7-. The number of methoxy groups -OCH3 is 1. The van der Waals surface area contributed by atoms with Crippen molar-refractivity contribution in [2.24, 2.45) is 4.99 Å². The van der Waals surface area contributed by atoms with Crippen molar-refractivity contribution in [3.05, 3.63) is 29.6 Å². The van der Waals surface area contributed by atoms with Gasteiger partial charge in [0.15, 0.2) is 17.4 Å². The van der Waals surface area contributed by atoms with E-state index in [0.29, 0.717) is 5.56 Å². The van der Waals surface area contributed by atoms with E-state index in [1.54, 1.807) is 12.3 Å². The molecule has 0 saturated carbocycles. The van der Waals surface area contributed by atoms with Crippen molar-refractivity contribution in [1.82, 2.24) is 0 Å². The van der Waals surface area contributed by atoms with Gasteiger partial charge in [-0.05, 0) is 24.6 Å². The van der Waals surface area contributed by atoms with Gasteiger partial charge in [0.25, 0.3) is 0 Å². The molecule has 3 nitrogen and oxygen atoms in total. The Balaban J connectivity index is 2.81. The minimum Gasteiger partial charge on any atom is -0.494 e. The topological polar surface area (TPSA) is 45.4 Å². The predicted molar refractivity (Wildman–Crippen MR) is 63.2 cm³/mol. The largest absolute Gasteiger partial charge is 0.494 e. The highest BCUT2D eigenvalue weighted by atomic mass is 19.1. The number of hydrogen-bond acceptors (Lipinski definition) is 2. The van der Waals surface area contributed by atoms with Crippen LogP contribution in [0.5, 0.6) is 5.75 Å². The van der Waals surface area contributed by atoms with Crippen LogP contribution < -0.4 is 4.74 Å². The minimum absolute atomic E-state index is 0.0648. The van der Waals surface area contributed by atoms with E-state index in [1.165, 1.54) is 19.2 Å². The van der Waals surface area contributed by atoms with Crippen molar-refractivity contribution < 1.29 is 9.13 Å². The summed E-state index contributed by atoms with van der Waals surface area (Å²) in [5.74, 6) is -0.237. The van der Waals surface area contributed by atoms with Gasteiger partial charge < -0.3 is 4.74 Å². The third kappa shape index (κ3) is 3.15. The van der Waals surface area contributed by atoms with E-state index in [9.17, 15) is 4.39 Å². The Bertz CT molecular complexity index is 402. The molecule has 0 aliphatic rings. The number of nitrogens with zero attached hydrogens (tertiary/aromatic N) is 1. The number of rotatable bonds is 4. The number of aliphatic imine (C=N–C) groups is 1. The minimum atomic E-state index is -0.476. The molecule has 0 aliphatic carbocycles. The second-order valence-electron chi connectivity index (χ2n) is 3.30. The van der Waals surface area contributed by atoms with Crippen LogP contribution in [-0.4, -0.2) is 19.2 Å². The molecular weight excluding hydrogens is 207 g/mol. The zero-order chi connectivity index (χ0) is 12.0. The molecule has 1 aromatic carbocycles. The molecule has 0 atom stereocenters. The smallest absolute Gasteiger partial charge is 0.165 e. The van der Waals surface area contributed by atoms with Crippen molar-refractivity contribution in [2.75, 3.05) is 7.11 Å². The van der Waals surface area contributed by atoms with Crippen LogP contribution in [0.25, 0.3) is 0 Å². The first-order valence-corrected chi connectivity index (χ1v) is 5.14. The molecule has 0 aromatic heterocycles. The Morgan fingerprint density at radius 1 is 1.56 bits per heavy atom. The van der Waals surface area contributed by atoms with Gasteiger partial charge in [0.2, 0.25) is 0 Å². The number of hydrogen-bond donors (Lipinski definition) is 1. The Labute approximate surface area is 94.5 Å². The molecule has 0 unspecified atom stereocenters. The van der Waals surface area contributed by atoms with Gasteiger partial charge in [0.05, 0.1) is 7.11 Å². The lowest BCUT2D eigenvalue weighted by Gasteiger charge is -2.03. The summed E-state index contributed by atoms with van der Waals surface area (Å²) in [5.41, 5.74) is 0.450. The number of amidine groups is 1. The first kappa shape index (κ1) is 12.4. The van der Waals surface area contributed by atoms with Gasteiger partial charge in [0.1, 0.15) is 0 Å². The van der Waals surface area contributed by atoms with Crippen molar-refractivity contribution in [1.29, 1.82) is 5.41 Å². The molecule has 4 heteroatoms. The van der Waals surface area contributed by atoms with Gasteiger partial charge in [-0.1, -0.05) is 13.3 Å². The van der Waals surface area contributed by atoms with Crippen LogP contribution in [0.3, 0.4) is 0 Å². The molecule has 0 bridgehead atoms. The lowest BCUT2D eigenvalue weighted by molar-refractivity contribution is 0.386. The average Bonchev–Trinajstić information content (AvgIpc) is 2.29. The summed E-state index contributed by atoms with van der Waals surface area (Å²) in [7, 11) is 1.41. The molecule has 1 rings (SSSR count). The first-order valence-electron chi connectivity index (χ1n) is 5.14. The zero-order valence-electron chi connectivity index (χ0n) is 9.46. The number of unbranched alkanes of at least 4 members (excludes halogenated alkanes) is 1. The van der Waals surface area contributed by atoms with Gasteiger partial charge >= 0.3 is 0 Å². The van der Waals surface area contributed by atoms with Crippen LogP contribution in [0.4, 0.5) is 4.39 Å². The van der Waals surface area contributed by atoms with Crippen LogP contribution in [0.1, 0.15) is 25.3 Å². The van der Waals surface area contributed by atoms with Gasteiger partial charge in [-0.15, -0.1) is 0 Å². The van der Waals surface area contributed by atoms with Gasteiger partial charge in [-0.3, -0.25) is 5.41 Å². The van der Waals surface area contributed by atoms with Crippen LogP contribution >= 0.6 is 0 Å². The van der Waals surface area contributed by atoms with Crippen LogP contribution in [0, 0.1) is 11.2 Å². The summed E-state index contributed by atoms with van der Waals surface area (Å²) < 4.78 is 18.1. The monoisotopic (exact) mass is 222 g/mol. The maximum Gasteiger partial charge on any atom is 0.165 e. The molecule has 0 saturated heterocycles. The van der Waals surface area contributed by atoms with E-state index in [-0.39, 0.29) is 11.6 Å². The second kappa shape index (κ2) is 6.00. The lowest BCUT2D eigenvalue weighted by Crippen LogP contribution is -1.98. The molecule has 86 valence electrons. The van der Waals surface area contributed by atoms with Crippen LogP contribution in [0.15, 0.2) is 23.2 Å². The molecule has 0 heterocycles. The summed E-state index contributed by atoms with van der Waals surface area (Å²) in [6.45, 7) is 2.03. The summed E-state index contributed by atoms with van der Waals surface area (Å²) >= 11 is 0. The highest BCUT2D eigenvalue weighted by Gasteiger charge is 2.05. The highest BCUT2D eigenvalue weighted by Crippen LogP contribution is 2.17. The van der Waals surface area contributed by atoms with Crippen molar-refractivity contribution in [2.45, 2.75) is 19.8 Å². The number of ether oxygens (including phenoxy) is 1. The molecule has 16 heavy (non-hydrogen) atoms. The van der Waals surface area contributed by atoms with E-state index in [1.807, 2.05) is 6.92 Å². The Hall–Kier alpha value is -1.71. The summed E-state index contributed by atoms with van der Waals surface area (Å²) in [6, 6.07) is 4.37. The van der Waals surface area contributed by atoms with Crippen molar-refractivity contribution >= 4 is 12.1 Å². The maximum absolute atomic E-state index is 13.3. The predicted octanol–water partition coefficient (Wildman–Crippen LogP) is 3.03. The Morgan fingerprint density at radius 3 is 2.88 bits per heavy atom. The Kier molecular flexibility index (Phi) is 4.64. The second-order valence-corrected chi connectivity index (χ2v) is 3.30. The van der Waals surface area contributed by atoms with E-state index in [0.717, 1.165) is 12.8 Å². The van der Waals surface area contributed by atoms with E-state index in [4.69, 9.17) is 10.1 Å². The van der Waals surface area contributed by atoms with Crippen LogP contribution in [-0.2, 0) is 0 Å².